The van der Waals surface area contributed by atoms with Crippen LogP contribution in [-0.4, -0.2) is 26.3 Å². The fourth-order valence-electron chi connectivity index (χ4n) is 2.68. The molecule has 0 N–H and O–H groups in total. The minimum absolute atomic E-state index is 0.00551. The second kappa shape index (κ2) is 8.47. The number of ether oxygens (including phenoxy) is 1. The van der Waals surface area contributed by atoms with E-state index in [1.165, 1.54) is 11.3 Å². The largest absolute Gasteiger partial charge is 0.497 e. The zero-order valence-electron chi connectivity index (χ0n) is 14.6. The third-order valence-electron chi connectivity index (χ3n) is 4.02. The Hall–Kier alpha value is -2.18. The molecule has 136 valence electrons. The van der Waals surface area contributed by atoms with Crippen LogP contribution in [0.15, 0.2) is 60.0 Å². The van der Waals surface area contributed by atoms with Gasteiger partial charge in [0.1, 0.15) is 10.8 Å². The van der Waals surface area contributed by atoms with Crippen molar-refractivity contribution in [2.24, 2.45) is 0 Å². The summed E-state index contributed by atoms with van der Waals surface area (Å²) < 4.78 is 29.9. The van der Waals surface area contributed by atoms with Gasteiger partial charge in [0.15, 0.2) is 9.84 Å². The number of hydrogen-bond acceptors (Lipinski definition) is 5. The highest BCUT2D eigenvalue weighted by atomic mass is 32.2. The lowest BCUT2D eigenvalue weighted by Gasteiger charge is -2.03. The lowest BCUT2D eigenvalue weighted by atomic mass is 10.1. The molecule has 0 fully saturated rings. The van der Waals surface area contributed by atoms with Gasteiger partial charge in [-0.3, -0.25) is 0 Å². The maximum atomic E-state index is 12.4. The molecule has 2 aromatic carbocycles. The molecule has 0 aliphatic carbocycles. The molecule has 0 aliphatic rings. The van der Waals surface area contributed by atoms with Crippen molar-refractivity contribution in [1.82, 2.24) is 4.98 Å². The molecule has 0 saturated heterocycles. The Morgan fingerprint density at radius 3 is 2.46 bits per heavy atom. The van der Waals surface area contributed by atoms with E-state index >= 15 is 0 Å². The lowest BCUT2D eigenvalue weighted by molar-refractivity contribution is 0.415. The molecule has 0 aliphatic heterocycles. The number of hydrogen-bond donors (Lipinski definition) is 0. The van der Waals surface area contributed by atoms with E-state index in [2.05, 4.69) is 4.98 Å². The highest BCUT2D eigenvalue weighted by Gasteiger charge is 2.15. The number of benzene rings is 2. The zero-order chi connectivity index (χ0) is 18.4. The Morgan fingerprint density at radius 1 is 1.04 bits per heavy atom. The van der Waals surface area contributed by atoms with Crippen LogP contribution in [0.2, 0.25) is 0 Å². The molecule has 3 aromatic rings. The molecule has 0 atom stereocenters. The van der Waals surface area contributed by atoms with E-state index in [4.69, 9.17) is 4.74 Å². The quantitative estimate of drug-likeness (QED) is 0.576. The summed E-state index contributed by atoms with van der Waals surface area (Å²) in [6.07, 6.45) is 1.40. The normalized spacial score (nSPS) is 11.4. The van der Waals surface area contributed by atoms with Gasteiger partial charge < -0.3 is 4.74 Å². The van der Waals surface area contributed by atoms with Gasteiger partial charge in [-0.1, -0.05) is 30.3 Å². The highest BCUT2D eigenvalue weighted by molar-refractivity contribution is 7.90. The first-order valence-corrected chi connectivity index (χ1v) is 11.1. The minimum Gasteiger partial charge on any atom is -0.497 e. The van der Waals surface area contributed by atoms with Crippen molar-refractivity contribution in [3.05, 3.63) is 71.2 Å². The number of aromatic nitrogens is 1. The van der Waals surface area contributed by atoms with Crippen molar-refractivity contribution in [3.63, 3.8) is 0 Å². The first-order chi connectivity index (χ1) is 12.6. The maximum Gasteiger partial charge on any atom is 0.156 e. The van der Waals surface area contributed by atoms with Crippen LogP contribution in [-0.2, 0) is 22.0 Å². The van der Waals surface area contributed by atoms with Crippen LogP contribution in [0.3, 0.4) is 0 Å². The van der Waals surface area contributed by atoms with Crippen molar-refractivity contribution < 1.29 is 13.2 Å². The van der Waals surface area contributed by atoms with Crippen molar-refractivity contribution in [2.75, 3.05) is 12.9 Å². The third-order valence-corrected chi connectivity index (χ3v) is 6.61. The monoisotopic (exact) mass is 387 g/mol. The van der Waals surface area contributed by atoms with Gasteiger partial charge in [0.2, 0.25) is 0 Å². The van der Waals surface area contributed by atoms with Crippen LogP contribution < -0.4 is 4.74 Å². The summed E-state index contributed by atoms with van der Waals surface area (Å²) in [5, 5.41) is 2.65. The first kappa shape index (κ1) is 18.6. The molecule has 26 heavy (non-hydrogen) atoms. The van der Waals surface area contributed by atoms with Crippen molar-refractivity contribution in [3.8, 4) is 16.3 Å². The Kier molecular flexibility index (Phi) is 6.06. The summed E-state index contributed by atoms with van der Waals surface area (Å²) in [5.41, 5.74) is 2.74. The standard InChI is InChI=1S/C20H21NO3S2/c1-24-19-11-9-17(10-12-19)20-21-18(14-25-20)15-26(22,23)13-5-8-16-6-3-2-4-7-16/h2-4,6-7,9-12,14H,5,8,13,15H2,1H3. The molecule has 0 bridgehead atoms. The number of methoxy groups -OCH3 is 1. The summed E-state index contributed by atoms with van der Waals surface area (Å²) in [7, 11) is -1.54. The van der Waals surface area contributed by atoms with Crippen molar-refractivity contribution in [2.45, 2.75) is 18.6 Å². The summed E-state index contributed by atoms with van der Waals surface area (Å²) in [6.45, 7) is 0. The summed E-state index contributed by atoms with van der Waals surface area (Å²) >= 11 is 1.46. The SMILES string of the molecule is COc1ccc(-c2nc(CS(=O)(=O)CCCc3ccccc3)cs2)cc1. The van der Waals surface area contributed by atoms with Gasteiger partial charge in [-0.2, -0.15) is 0 Å². The maximum absolute atomic E-state index is 12.4. The van der Waals surface area contributed by atoms with Gasteiger partial charge in [-0.15, -0.1) is 11.3 Å². The molecule has 6 heteroatoms. The van der Waals surface area contributed by atoms with Crippen LogP contribution in [0.25, 0.3) is 10.6 Å². The molecule has 0 saturated carbocycles. The minimum atomic E-state index is -3.16. The van der Waals surface area contributed by atoms with E-state index in [-0.39, 0.29) is 11.5 Å². The highest BCUT2D eigenvalue weighted by Crippen LogP contribution is 2.26. The van der Waals surface area contributed by atoms with Gasteiger partial charge >= 0.3 is 0 Å². The molecule has 0 unspecified atom stereocenters. The van der Waals surface area contributed by atoms with E-state index < -0.39 is 9.84 Å². The second-order valence-electron chi connectivity index (χ2n) is 6.05. The van der Waals surface area contributed by atoms with Crippen LogP contribution >= 0.6 is 11.3 Å². The van der Waals surface area contributed by atoms with Crippen LogP contribution in [0.1, 0.15) is 17.7 Å². The summed E-state index contributed by atoms with van der Waals surface area (Å²) in [6, 6.07) is 17.5. The molecule has 3 rings (SSSR count). The number of thiazole rings is 1. The van der Waals surface area contributed by atoms with Gasteiger partial charge in [-0.05, 0) is 42.7 Å². The lowest BCUT2D eigenvalue weighted by Crippen LogP contribution is -2.10. The summed E-state index contributed by atoms with van der Waals surface area (Å²) in [5.74, 6) is 0.956. The molecule has 0 radical (unpaired) electrons. The predicted octanol–water partition coefficient (Wildman–Crippen LogP) is 4.37. The molecular formula is C20H21NO3S2. The van der Waals surface area contributed by atoms with Crippen LogP contribution in [0.5, 0.6) is 5.75 Å². The smallest absolute Gasteiger partial charge is 0.156 e. The fraction of sp³-hybridized carbons (Fsp3) is 0.250. The molecule has 1 heterocycles. The number of sulfone groups is 1. The first-order valence-electron chi connectivity index (χ1n) is 8.39. The van der Waals surface area contributed by atoms with Crippen LogP contribution in [0.4, 0.5) is 0 Å². The zero-order valence-corrected chi connectivity index (χ0v) is 16.2. The van der Waals surface area contributed by atoms with Gasteiger partial charge in [0.05, 0.1) is 24.3 Å². The van der Waals surface area contributed by atoms with Gasteiger partial charge in [-0.25, -0.2) is 13.4 Å². The molecule has 4 nitrogen and oxygen atoms in total. The predicted molar refractivity (Wildman–Crippen MR) is 106 cm³/mol. The Morgan fingerprint density at radius 2 is 1.77 bits per heavy atom. The topological polar surface area (TPSA) is 56.3 Å². The van der Waals surface area contributed by atoms with Crippen molar-refractivity contribution >= 4 is 21.2 Å². The number of nitrogens with zero attached hydrogens (tertiary/aromatic N) is 1. The number of rotatable bonds is 8. The summed E-state index contributed by atoms with van der Waals surface area (Å²) in [4.78, 5) is 4.49. The average molecular weight is 388 g/mol. The van der Waals surface area contributed by atoms with E-state index in [9.17, 15) is 8.42 Å². The third kappa shape index (κ3) is 5.16. The molecule has 0 spiro atoms. The molecule has 1 aromatic heterocycles. The Bertz CT molecular complexity index is 933. The van der Waals surface area contributed by atoms with Crippen molar-refractivity contribution in [1.29, 1.82) is 0 Å². The second-order valence-corrected chi connectivity index (χ2v) is 9.10. The molecule has 0 amide bonds. The van der Waals surface area contributed by atoms with Gasteiger partial charge in [0.25, 0.3) is 0 Å². The van der Waals surface area contributed by atoms with E-state index in [1.54, 1.807) is 7.11 Å². The fourth-order valence-corrected chi connectivity index (χ4v) is 4.94. The number of aryl methyl sites for hydroxylation is 1. The Labute approximate surface area is 158 Å². The molecular weight excluding hydrogens is 366 g/mol. The van der Waals surface area contributed by atoms with Crippen LogP contribution in [0, 0.1) is 0 Å². The Balaban J connectivity index is 1.58. The van der Waals surface area contributed by atoms with Gasteiger partial charge in [0, 0.05) is 10.9 Å². The average Bonchev–Trinajstić information content (AvgIpc) is 3.10. The van der Waals surface area contributed by atoms with E-state index in [0.717, 1.165) is 28.3 Å². The van der Waals surface area contributed by atoms with E-state index in [1.807, 2.05) is 60.0 Å². The van der Waals surface area contributed by atoms with E-state index in [0.29, 0.717) is 12.1 Å².